The van der Waals surface area contributed by atoms with Crippen molar-refractivity contribution in [1.82, 2.24) is 10.6 Å². The van der Waals surface area contributed by atoms with Crippen LogP contribution in [0.5, 0.6) is 0 Å². The molecule has 0 spiro atoms. The Morgan fingerprint density at radius 2 is 2.20 bits per heavy atom. The van der Waals surface area contributed by atoms with Crippen molar-refractivity contribution in [2.45, 2.75) is 19.0 Å². The van der Waals surface area contributed by atoms with Gasteiger partial charge in [0, 0.05) is 32.3 Å². The smallest absolute Gasteiger partial charge is 0.0628 e. The zero-order valence-electron chi connectivity index (χ0n) is 6.68. The van der Waals surface area contributed by atoms with Crippen molar-refractivity contribution in [2.24, 2.45) is 0 Å². The molecule has 3 heteroatoms. The maximum absolute atomic E-state index is 5.01. The lowest BCUT2D eigenvalue weighted by atomic mass is 10.2. The zero-order valence-corrected chi connectivity index (χ0v) is 6.68. The molecule has 1 fully saturated rings. The molecule has 0 radical (unpaired) electrons. The number of hydrogen-bond acceptors (Lipinski definition) is 3. The first-order chi connectivity index (χ1) is 4.83. The van der Waals surface area contributed by atoms with E-state index in [4.69, 9.17) is 4.74 Å². The summed E-state index contributed by atoms with van der Waals surface area (Å²) in [6, 6.07) is 1.11. The number of nitrogens with one attached hydrogen (secondary N) is 2. The Morgan fingerprint density at radius 1 is 1.40 bits per heavy atom. The van der Waals surface area contributed by atoms with E-state index in [-0.39, 0.29) is 0 Å². The summed E-state index contributed by atoms with van der Waals surface area (Å²) in [4.78, 5) is 0. The van der Waals surface area contributed by atoms with Gasteiger partial charge in [0.2, 0.25) is 0 Å². The lowest BCUT2D eigenvalue weighted by Gasteiger charge is -2.28. The second-order valence-electron chi connectivity index (χ2n) is 2.87. The first-order valence-electron chi connectivity index (χ1n) is 3.78. The van der Waals surface area contributed by atoms with Crippen LogP contribution in [0, 0.1) is 0 Å². The van der Waals surface area contributed by atoms with Gasteiger partial charge in [0.1, 0.15) is 0 Å². The highest BCUT2D eigenvalue weighted by Crippen LogP contribution is 1.92. The maximum atomic E-state index is 5.01. The molecule has 0 amide bonds. The minimum absolute atomic E-state index is 0.501. The Bertz CT molecular complexity index is 89.6. The highest BCUT2D eigenvalue weighted by Gasteiger charge is 2.15. The van der Waals surface area contributed by atoms with Gasteiger partial charge >= 0.3 is 0 Å². The van der Waals surface area contributed by atoms with Crippen molar-refractivity contribution >= 4 is 0 Å². The predicted molar refractivity (Wildman–Crippen MR) is 41.1 cm³/mol. The fourth-order valence-corrected chi connectivity index (χ4v) is 1.15. The van der Waals surface area contributed by atoms with Gasteiger partial charge in [0.05, 0.1) is 6.61 Å². The fraction of sp³-hybridized carbons (Fsp3) is 1.00. The van der Waals surface area contributed by atoms with Crippen molar-refractivity contribution in [3.63, 3.8) is 0 Å². The monoisotopic (exact) mass is 144 g/mol. The lowest BCUT2D eigenvalue weighted by molar-refractivity contribution is 0.153. The summed E-state index contributed by atoms with van der Waals surface area (Å²) >= 11 is 0. The largest absolute Gasteiger partial charge is 0.383 e. The van der Waals surface area contributed by atoms with E-state index in [1.54, 1.807) is 7.11 Å². The number of rotatable bonds is 2. The summed E-state index contributed by atoms with van der Waals surface area (Å²) in [5, 5.41) is 6.76. The Balaban J connectivity index is 2.13. The third-order valence-electron chi connectivity index (χ3n) is 1.79. The molecule has 0 aromatic heterocycles. The van der Waals surface area contributed by atoms with Crippen LogP contribution < -0.4 is 10.6 Å². The van der Waals surface area contributed by atoms with Gasteiger partial charge in [-0.3, -0.25) is 0 Å². The number of ether oxygens (including phenoxy) is 1. The van der Waals surface area contributed by atoms with Gasteiger partial charge in [-0.15, -0.1) is 0 Å². The number of methoxy groups -OCH3 is 1. The second-order valence-corrected chi connectivity index (χ2v) is 2.87. The van der Waals surface area contributed by atoms with Crippen LogP contribution in [0.4, 0.5) is 0 Å². The van der Waals surface area contributed by atoms with E-state index in [2.05, 4.69) is 17.6 Å². The van der Waals surface area contributed by atoms with Crippen LogP contribution in [0.2, 0.25) is 0 Å². The van der Waals surface area contributed by atoms with Gasteiger partial charge in [-0.1, -0.05) is 0 Å². The molecule has 0 saturated carbocycles. The fourth-order valence-electron chi connectivity index (χ4n) is 1.15. The molecule has 2 N–H and O–H groups in total. The molecule has 1 aliphatic heterocycles. The van der Waals surface area contributed by atoms with Crippen molar-refractivity contribution in [3.8, 4) is 0 Å². The number of piperazine rings is 1. The van der Waals surface area contributed by atoms with Crippen LogP contribution in [0.3, 0.4) is 0 Å². The molecule has 1 heterocycles. The van der Waals surface area contributed by atoms with E-state index in [0.29, 0.717) is 12.1 Å². The van der Waals surface area contributed by atoms with Crippen molar-refractivity contribution in [2.75, 3.05) is 26.8 Å². The molecule has 0 unspecified atom stereocenters. The zero-order chi connectivity index (χ0) is 7.40. The van der Waals surface area contributed by atoms with Gasteiger partial charge in [-0.05, 0) is 6.92 Å². The standard InChI is InChI=1S/C7H16N2O/c1-6-3-9-7(4-8-6)5-10-2/h6-9H,3-5H2,1-2H3/t6-,7-/m0/s1. The molecular weight excluding hydrogens is 128 g/mol. The van der Waals surface area contributed by atoms with Crippen LogP contribution in [0.1, 0.15) is 6.92 Å². The van der Waals surface area contributed by atoms with E-state index in [0.717, 1.165) is 19.7 Å². The minimum atomic E-state index is 0.501. The van der Waals surface area contributed by atoms with Gasteiger partial charge in [-0.25, -0.2) is 0 Å². The molecule has 1 saturated heterocycles. The first kappa shape index (κ1) is 7.98. The second kappa shape index (κ2) is 3.91. The Labute approximate surface area is 62.1 Å². The normalized spacial score (nSPS) is 34.2. The van der Waals surface area contributed by atoms with Crippen molar-refractivity contribution < 1.29 is 4.74 Å². The van der Waals surface area contributed by atoms with E-state index in [1.807, 2.05) is 0 Å². The number of hydrogen-bond donors (Lipinski definition) is 2. The third-order valence-corrected chi connectivity index (χ3v) is 1.79. The lowest BCUT2D eigenvalue weighted by Crippen LogP contribution is -2.54. The van der Waals surface area contributed by atoms with E-state index in [1.165, 1.54) is 0 Å². The molecule has 2 atom stereocenters. The van der Waals surface area contributed by atoms with Crippen LogP contribution in [0.25, 0.3) is 0 Å². The quantitative estimate of drug-likeness (QED) is 0.552. The molecule has 60 valence electrons. The minimum Gasteiger partial charge on any atom is -0.383 e. The van der Waals surface area contributed by atoms with Crippen LogP contribution in [-0.4, -0.2) is 38.9 Å². The maximum Gasteiger partial charge on any atom is 0.0628 e. The first-order valence-corrected chi connectivity index (χ1v) is 3.78. The highest BCUT2D eigenvalue weighted by atomic mass is 16.5. The molecule has 1 aliphatic rings. The summed E-state index contributed by atoms with van der Waals surface area (Å²) in [6.07, 6.45) is 0. The topological polar surface area (TPSA) is 33.3 Å². The third kappa shape index (κ3) is 2.25. The predicted octanol–water partition coefficient (Wildman–Crippen LogP) is -0.417. The molecular formula is C7H16N2O. The van der Waals surface area contributed by atoms with Gasteiger partial charge in [0.25, 0.3) is 0 Å². The van der Waals surface area contributed by atoms with Gasteiger partial charge < -0.3 is 15.4 Å². The van der Waals surface area contributed by atoms with Crippen molar-refractivity contribution in [3.05, 3.63) is 0 Å². The van der Waals surface area contributed by atoms with Gasteiger partial charge in [-0.2, -0.15) is 0 Å². The average Bonchev–Trinajstić information content (AvgIpc) is 1.95. The molecule has 10 heavy (non-hydrogen) atoms. The van der Waals surface area contributed by atoms with Crippen molar-refractivity contribution in [1.29, 1.82) is 0 Å². The Morgan fingerprint density at radius 3 is 2.70 bits per heavy atom. The molecule has 0 bridgehead atoms. The highest BCUT2D eigenvalue weighted by molar-refractivity contribution is 4.79. The van der Waals surface area contributed by atoms with E-state index < -0.39 is 0 Å². The summed E-state index contributed by atoms with van der Waals surface area (Å²) < 4.78 is 5.01. The van der Waals surface area contributed by atoms with Crippen LogP contribution in [0.15, 0.2) is 0 Å². The molecule has 3 nitrogen and oxygen atoms in total. The Hall–Kier alpha value is -0.120. The molecule has 1 rings (SSSR count). The SMILES string of the molecule is COC[C@@H]1CN[C@@H](C)CN1. The van der Waals surface area contributed by atoms with Crippen LogP contribution >= 0.6 is 0 Å². The van der Waals surface area contributed by atoms with Crippen LogP contribution in [-0.2, 0) is 4.74 Å². The van der Waals surface area contributed by atoms with Gasteiger partial charge in [0.15, 0.2) is 0 Å². The van der Waals surface area contributed by atoms with E-state index >= 15 is 0 Å². The average molecular weight is 144 g/mol. The Kier molecular flexibility index (Phi) is 3.12. The molecule has 0 aromatic carbocycles. The summed E-state index contributed by atoms with van der Waals surface area (Å²) in [7, 11) is 1.74. The summed E-state index contributed by atoms with van der Waals surface area (Å²) in [5.41, 5.74) is 0. The van der Waals surface area contributed by atoms with E-state index in [9.17, 15) is 0 Å². The molecule has 0 aliphatic carbocycles. The summed E-state index contributed by atoms with van der Waals surface area (Å²) in [6.45, 7) is 5.05. The molecule has 0 aromatic rings. The summed E-state index contributed by atoms with van der Waals surface area (Å²) in [5.74, 6) is 0.